The smallest absolute Gasteiger partial charge is 0.392 e. The summed E-state index contributed by atoms with van der Waals surface area (Å²) in [6, 6.07) is 1.05. The molecule has 1 fully saturated rings. The van der Waals surface area contributed by atoms with Gasteiger partial charge in [-0.3, -0.25) is 9.59 Å². The Morgan fingerprint density at radius 3 is 2.56 bits per heavy atom. The zero-order valence-electron chi connectivity index (χ0n) is 18.9. The number of sulfonamides is 1. The number of hydrogen-bond acceptors (Lipinski definition) is 7. The van der Waals surface area contributed by atoms with Crippen LogP contribution in [0.3, 0.4) is 0 Å². The molecule has 3 rings (SSSR count). The van der Waals surface area contributed by atoms with Crippen molar-refractivity contribution in [3.63, 3.8) is 0 Å². The summed E-state index contributed by atoms with van der Waals surface area (Å²) in [5.74, 6) is -5.36. The van der Waals surface area contributed by atoms with Crippen LogP contribution in [0.4, 0.5) is 13.2 Å². The Balaban J connectivity index is 1.69. The number of rotatable bonds is 7. The summed E-state index contributed by atoms with van der Waals surface area (Å²) in [6.07, 6.45) is -4.19. The van der Waals surface area contributed by atoms with Gasteiger partial charge in [-0.2, -0.15) is 21.6 Å². The third kappa shape index (κ3) is 5.98. The van der Waals surface area contributed by atoms with Crippen molar-refractivity contribution in [3.8, 4) is 0 Å². The summed E-state index contributed by atoms with van der Waals surface area (Å²) in [6.45, 7) is 5.53. The van der Waals surface area contributed by atoms with E-state index < -0.39 is 44.9 Å². The second-order valence-corrected chi connectivity index (χ2v) is 11.1. The number of aromatic nitrogens is 1. The first-order valence-electron chi connectivity index (χ1n) is 10.8. The largest absolute Gasteiger partial charge is 0.437 e. The maximum absolute atomic E-state index is 13.3. The van der Waals surface area contributed by atoms with E-state index >= 15 is 0 Å². The predicted molar refractivity (Wildman–Crippen MR) is 118 cm³/mol. The van der Waals surface area contributed by atoms with E-state index in [0.717, 1.165) is 11.1 Å². The second-order valence-electron chi connectivity index (χ2n) is 8.60. The van der Waals surface area contributed by atoms with Crippen molar-refractivity contribution in [2.45, 2.75) is 70.2 Å². The minimum Gasteiger partial charge on any atom is -0.437 e. The summed E-state index contributed by atoms with van der Waals surface area (Å²) < 4.78 is 72.0. The van der Waals surface area contributed by atoms with E-state index in [9.17, 15) is 31.2 Å². The first-order chi connectivity index (χ1) is 15.8. The van der Waals surface area contributed by atoms with Gasteiger partial charge in [-0.25, -0.2) is 9.71 Å². The average Bonchev–Trinajstić information content (AvgIpc) is 3.38. The Kier molecular flexibility index (Phi) is 7.75. The highest BCUT2D eigenvalue weighted by Gasteiger charge is 2.48. The quantitative estimate of drug-likeness (QED) is 0.562. The number of amides is 2. The number of nitrogens with one attached hydrogen (secondary N) is 2. The summed E-state index contributed by atoms with van der Waals surface area (Å²) in [5.41, 5.74) is 0.829. The van der Waals surface area contributed by atoms with E-state index in [1.54, 1.807) is 10.1 Å². The number of thiazole rings is 1. The average molecular weight is 522 g/mol. The Labute approximate surface area is 199 Å². The molecule has 8 nitrogen and oxygen atoms in total. The van der Waals surface area contributed by atoms with E-state index in [0.29, 0.717) is 18.5 Å². The van der Waals surface area contributed by atoms with Gasteiger partial charge in [0.05, 0.1) is 29.1 Å². The van der Waals surface area contributed by atoms with Crippen LogP contribution < -0.4 is 10.0 Å². The number of furan rings is 1. The molecule has 13 heteroatoms. The topological polar surface area (TPSA) is 118 Å². The third-order valence-corrected chi connectivity index (χ3v) is 8.01. The highest BCUT2D eigenvalue weighted by atomic mass is 32.2. The first-order valence-corrected chi connectivity index (χ1v) is 13.1. The van der Waals surface area contributed by atoms with Crippen molar-refractivity contribution in [3.05, 3.63) is 33.5 Å². The van der Waals surface area contributed by atoms with E-state index in [4.69, 9.17) is 4.42 Å². The lowest BCUT2D eigenvalue weighted by Gasteiger charge is -2.31. The van der Waals surface area contributed by atoms with Gasteiger partial charge in [-0.15, -0.1) is 11.3 Å². The summed E-state index contributed by atoms with van der Waals surface area (Å²) in [7, 11) is -4.61. The molecule has 1 aliphatic rings. The van der Waals surface area contributed by atoms with Gasteiger partial charge in [0.1, 0.15) is 0 Å². The number of hydrogen-bond donors (Lipinski definition) is 2. The molecule has 0 aromatic carbocycles. The molecule has 1 aliphatic carbocycles. The molecule has 2 heterocycles. The molecular weight excluding hydrogens is 495 g/mol. The van der Waals surface area contributed by atoms with Gasteiger partial charge < -0.3 is 9.73 Å². The van der Waals surface area contributed by atoms with Crippen molar-refractivity contribution in [2.75, 3.05) is 0 Å². The molecule has 2 atom stereocenters. The lowest BCUT2D eigenvalue weighted by molar-refractivity contribution is -0.197. The van der Waals surface area contributed by atoms with E-state index in [1.165, 1.54) is 18.3 Å². The van der Waals surface area contributed by atoms with Crippen molar-refractivity contribution in [1.29, 1.82) is 0 Å². The fraction of sp³-hybridized carbons (Fsp3) is 0.571. The van der Waals surface area contributed by atoms with Gasteiger partial charge >= 0.3 is 6.18 Å². The summed E-state index contributed by atoms with van der Waals surface area (Å²) in [4.78, 5) is 29.4. The molecule has 0 unspecified atom stereocenters. The minimum absolute atomic E-state index is 0.0640. The van der Waals surface area contributed by atoms with Gasteiger partial charge in [0.15, 0.2) is 5.76 Å². The predicted octanol–water partition coefficient (Wildman–Crippen LogP) is 4.27. The molecule has 2 aromatic heterocycles. The normalized spacial score (nSPS) is 19.3. The molecule has 0 bridgehead atoms. The van der Waals surface area contributed by atoms with Gasteiger partial charge in [0.25, 0.3) is 15.9 Å². The molecule has 0 aliphatic heterocycles. The van der Waals surface area contributed by atoms with Gasteiger partial charge in [-0.1, -0.05) is 26.7 Å². The SMILES string of the molecule is Cc1cc(S(=O)(=O)NC(=O)[C@@H]2CCCC[C@H]2C(F)(F)F)oc1C(=O)NCc1csc(C(C)C)n1. The molecule has 34 heavy (non-hydrogen) atoms. The van der Waals surface area contributed by atoms with Gasteiger partial charge in [-0.05, 0) is 19.8 Å². The molecule has 1 saturated carbocycles. The van der Waals surface area contributed by atoms with E-state index in [2.05, 4.69) is 10.3 Å². The molecule has 0 saturated heterocycles. The lowest BCUT2D eigenvalue weighted by Crippen LogP contribution is -2.44. The molecule has 2 amide bonds. The Bertz CT molecular complexity index is 1150. The number of halogens is 3. The van der Waals surface area contributed by atoms with Crippen molar-refractivity contribution >= 4 is 33.2 Å². The van der Waals surface area contributed by atoms with Crippen molar-refractivity contribution in [2.24, 2.45) is 11.8 Å². The van der Waals surface area contributed by atoms with Gasteiger partial charge in [0, 0.05) is 22.9 Å². The van der Waals surface area contributed by atoms with Crippen LogP contribution in [0.5, 0.6) is 0 Å². The van der Waals surface area contributed by atoms with Crippen LogP contribution in [-0.4, -0.2) is 31.4 Å². The highest BCUT2D eigenvalue weighted by Crippen LogP contribution is 2.41. The number of carbonyl (C=O) groups is 2. The maximum atomic E-state index is 13.3. The van der Waals surface area contributed by atoms with Crippen LogP contribution in [-0.2, 0) is 21.4 Å². The van der Waals surface area contributed by atoms with Crippen molar-refractivity contribution in [1.82, 2.24) is 15.0 Å². The lowest BCUT2D eigenvalue weighted by atomic mass is 9.78. The minimum atomic E-state index is -4.61. The molecular formula is C21H26F3N3O5S2. The van der Waals surface area contributed by atoms with E-state index in [-0.39, 0.29) is 36.6 Å². The van der Waals surface area contributed by atoms with E-state index in [1.807, 2.05) is 13.8 Å². The first kappa shape index (κ1) is 26.2. The second kappa shape index (κ2) is 10.1. The van der Waals surface area contributed by atoms with Crippen molar-refractivity contribution < 1.29 is 35.6 Å². The standard InChI is InChI=1S/C21H26F3N3O5S2/c1-11(2)20-26-13(10-33-20)9-25-19(29)17-12(3)8-16(32-17)34(30,31)27-18(28)14-6-4-5-7-15(14)21(22,23)24/h8,10-11,14-15H,4-7,9H2,1-3H3,(H,25,29)(H,27,28)/t14-,15-/m1/s1. The maximum Gasteiger partial charge on any atom is 0.392 e. The highest BCUT2D eigenvalue weighted by molar-refractivity contribution is 7.89. The van der Waals surface area contributed by atoms with Crippen LogP contribution in [0.15, 0.2) is 21.0 Å². The molecule has 188 valence electrons. The Morgan fingerprint density at radius 1 is 1.26 bits per heavy atom. The zero-order chi connectivity index (χ0) is 25.3. The molecule has 0 radical (unpaired) electrons. The van der Waals surface area contributed by atoms with Crippen LogP contribution in [0.25, 0.3) is 0 Å². The summed E-state index contributed by atoms with van der Waals surface area (Å²) >= 11 is 1.46. The Hall–Kier alpha value is -2.41. The fourth-order valence-corrected chi connectivity index (χ4v) is 5.70. The zero-order valence-corrected chi connectivity index (χ0v) is 20.5. The third-order valence-electron chi connectivity index (χ3n) is 5.62. The van der Waals surface area contributed by atoms with Crippen LogP contribution in [0, 0.1) is 18.8 Å². The number of carbonyl (C=O) groups excluding carboxylic acids is 2. The van der Waals surface area contributed by atoms with Crippen LogP contribution in [0.2, 0.25) is 0 Å². The molecule has 2 N–H and O–H groups in total. The fourth-order valence-electron chi connectivity index (χ4n) is 3.83. The Morgan fingerprint density at radius 2 is 1.94 bits per heavy atom. The molecule has 0 spiro atoms. The van der Waals surface area contributed by atoms with Crippen LogP contribution >= 0.6 is 11.3 Å². The number of alkyl halides is 3. The number of aryl methyl sites for hydroxylation is 1. The van der Waals surface area contributed by atoms with Gasteiger partial charge in [0.2, 0.25) is 11.0 Å². The summed E-state index contributed by atoms with van der Waals surface area (Å²) in [5, 5.41) is 4.58. The number of nitrogens with zero attached hydrogens (tertiary/aromatic N) is 1. The van der Waals surface area contributed by atoms with Crippen LogP contribution in [0.1, 0.15) is 72.3 Å². The monoisotopic (exact) mass is 521 g/mol. The molecule has 2 aromatic rings.